The minimum Gasteiger partial charge on any atom is -0.477 e. The van der Waals surface area contributed by atoms with Crippen LogP contribution in [-0.4, -0.2) is 27.5 Å². The van der Waals surface area contributed by atoms with E-state index in [0.717, 1.165) is 45.5 Å². The quantitative estimate of drug-likeness (QED) is 0.709. The van der Waals surface area contributed by atoms with Crippen LogP contribution in [0.25, 0.3) is 22.3 Å². The number of aryl methyl sites for hydroxylation is 3. The van der Waals surface area contributed by atoms with E-state index in [9.17, 15) is 4.79 Å². The van der Waals surface area contributed by atoms with Crippen LogP contribution in [0.2, 0.25) is 0 Å². The lowest BCUT2D eigenvalue weighted by molar-refractivity contribution is 0.0996. The van der Waals surface area contributed by atoms with Crippen LogP contribution in [0.15, 0.2) is 18.3 Å². The molecule has 3 heterocycles. The number of pyridine rings is 2. The Morgan fingerprint density at radius 1 is 1.19 bits per heavy atom. The molecular weight excluding hydrogens is 328 g/mol. The second kappa shape index (κ2) is 7.15. The van der Waals surface area contributed by atoms with E-state index in [-0.39, 0.29) is 11.4 Å². The van der Waals surface area contributed by atoms with Crippen molar-refractivity contribution < 1.29 is 9.53 Å². The molecule has 0 spiro atoms. The first-order valence-electron chi connectivity index (χ1n) is 8.94. The van der Waals surface area contributed by atoms with E-state index in [1.54, 1.807) is 6.07 Å². The molecule has 3 aromatic heterocycles. The van der Waals surface area contributed by atoms with E-state index in [1.165, 1.54) is 0 Å². The number of aromatic nitrogens is 3. The maximum atomic E-state index is 11.9. The highest BCUT2D eigenvalue weighted by Gasteiger charge is 2.20. The number of hydrogen-bond acceptors (Lipinski definition) is 4. The van der Waals surface area contributed by atoms with Crippen molar-refractivity contribution in [1.82, 2.24) is 15.0 Å². The van der Waals surface area contributed by atoms with Gasteiger partial charge in [0.15, 0.2) is 0 Å². The number of nitrogens with two attached hydrogens (primary N) is 1. The fourth-order valence-electron chi connectivity index (χ4n) is 3.15. The molecule has 0 fully saturated rings. The molecule has 0 radical (unpaired) electrons. The van der Waals surface area contributed by atoms with Gasteiger partial charge in [-0.3, -0.25) is 4.79 Å². The first kappa shape index (κ1) is 17.9. The van der Waals surface area contributed by atoms with Crippen molar-refractivity contribution in [2.75, 3.05) is 6.61 Å². The molecule has 0 aliphatic heterocycles. The van der Waals surface area contributed by atoms with Crippen LogP contribution < -0.4 is 10.5 Å². The van der Waals surface area contributed by atoms with E-state index in [0.29, 0.717) is 13.0 Å². The van der Waals surface area contributed by atoms with E-state index >= 15 is 0 Å². The van der Waals surface area contributed by atoms with Gasteiger partial charge in [0, 0.05) is 11.8 Å². The standard InChI is InChI=1S/C20H24N4O2/c1-5-12-8-16-17(11(4)10-22-16)24-18(12)13-9-14(19(21)25)20(26-7-3)23-15(13)6-2/h8-10,22H,5-7H2,1-4H3,(H2,21,25). The number of ether oxygens (including phenoxy) is 1. The normalized spacial score (nSPS) is 11.1. The summed E-state index contributed by atoms with van der Waals surface area (Å²) >= 11 is 0. The Morgan fingerprint density at radius 3 is 2.58 bits per heavy atom. The number of fused-ring (bicyclic) bond motifs is 1. The molecule has 3 N–H and O–H groups in total. The molecule has 1 amide bonds. The molecule has 0 bridgehead atoms. The summed E-state index contributed by atoms with van der Waals surface area (Å²) in [6.45, 7) is 8.41. The van der Waals surface area contributed by atoms with Crippen molar-refractivity contribution in [3.8, 4) is 17.1 Å². The highest BCUT2D eigenvalue weighted by Crippen LogP contribution is 2.32. The molecule has 0 saturated carbocycles. The van der Waals surface area contributed by atoms with E-state index in [4.69, 9.17) is 15.5 Å². The summed E-state index contributed by atoms with van der Waals surface area (Å²) in [5.41, 5.74) is 12.5. The molecule has 6 nitrogen and oxygen atoms in total. The maximum absolute atomic E-state index is 11.9. The molecule has 3 aromatic rings. The molecule has 0 aliphatic carbocycles. The molecule has 0 atom stereocenters. The Bertz CT molecular complexity index is 976. The summed E-state index contributed by atoms with van der Waals surface area (Å²) in [6, 6.07) is 3.89. The smallest absolute Gasteiger partial charge is 0.254 e. The van der Waals surface area contributed by atoms with Gasteiger partial charge in [-0.05, 0) is 49.9 Å². The third-order valence-electron chi connectivity index (χ3n) is 4.50. The van der Waals surface area contributed by atoms with Crippen LogP contribution in [-0.2, 0) is 12.8 Å². The number of carbonyl (C=O) groups is 1. The average molecular weight is 352 g/mol. The van der Waals surface area contributed by atoms with Gasteiger partial charge in [0.1, 0.15) is 5.56 Å². The minimum absolute atomic E-state index is 0.286. The highest BCUT2D eigenvalue weighted by atomic mass is 16.5. The maximum Gasteiger partial charge on any atom is 0.254 e. The number of amides is 1. The third-order valence-corrected chi connectivity index (χ3v) is 4.50. The molecular formula is C20H24N4O2. The molecule has 6 heteroatoms. The summed E-state index contributed by atoms with van der Waals surface area (Å²) in [5.74, 6) is -0.264. The molecule has 26 heavy (non-hydrogen) atoms. The summed E-state index contributed by atoms with van der Waals surface area (Å²) in [6.07, 6.45) is 3.47. The van der Waals surface area contributed by atoms with Crippen molar-refractivity contribution in [2.45, 2.75) is 40.5 Å². The van der Waals surface area contributed by atoms with Gasteiger partial charge in [-0.25, -0.2) is 9.97 Å². The van der Waals surface area contributed by atoms with Gasteiger partial charge in [-0.2, -0.15) is 0 Å². The lowest BCUT2D eigenvalue weighted by atomic mass is 9.98. The van der Waals surface area contributed by atoms with Gasteiger partial charge < -0.3 is 15.5 Å². The second-order valence-corrected chi connectivity index (χ2v) is 6.20. The number of carbonyl (C=O) groups excluding carboxylic acids is 1. The van der Waals surface area contributed by atoms with Crippen LogP contribution in [0.1, 0.15) is 48.0 Å². The SMILES string of the molecule is CCOc1nc(CC)c(-c2nc3c(C)c[nH]c3cc2CC)cc1C(N)=O. The Hall–Kier alpha value is -2.89. The predicted molar refractivity (Wildman–Crippen MR) is 103 cm³/mol. The number of hydrogen-bond donors (Lipinski definition) is 2. The zero-order valence-electron chi connectivity index (χ0n) is 15.6. The Kier molecular flexibility index (Phi) is 4.93. The number of aromatic amines is 1. The van der Waals surface area contributed by atoms with Crippen LogP contribution in [0.5, 0.6) is 5.88 Å². The van der Waals surface area contributed by atoms with Gasteiger partial charge in [0.25, 0.3) is 5.91 Å². The van der Waals surface area contributed by atoms with Crippen LogP contribution in [0.4, 0.5) is 0 Å². The molecule has 3 rings (SSSR count). The molecule has 136 valence electrons. The Morgan fingerprint density at radius 2 is 1.96 bits per heavy atom. The summed E-state index contributed by atoms with van der Waals surface area (Å²) in [4.78, 5) is 24.7. The molecule has 0 saturated heterocycles. The Labute approximate surface area is 152 Å². The van der Waals surface area contributed by atoms with Gasteiger partial charge in [-0.15, -0.1) is 0 Å². The number of nitrogens with one attached hydrogen (secondary N) is 1. The number of primary amides is 1. The van der Waals surface area contributed by atoms with Crippen molar-refractivity contribution in [3.05, 3.63) is 40.7 Å². The minimum atomic E-state index is -0.554. The Balaban J connectivity index is 2.31. The molecule has 0 aliphatic rings. The van der Waals surface area contributed by atoms with Crippen LogP contribution >= 0.6 is 0 Å². The number of nitrogens with zero attached hydrogens (tertiary/aromatic N) is 2. The van der Waals surface area contributed by atoms with E-state index < -0.39 is 5.91 Å². The van der Waals surface area contributed by atoms with Gasteiger partial charge >= 0.3 is 0 Å². The van der Waals surface area contributed by atoms with Crippen LogP contribution in [0, 0.1) is 6.92 Å². The first-order valence-corrected chi connectivity index (χ1v) is 8.94. The second-order valence-electron chi connectivity index (χ2n) is 6.20. The lowest BCUT2D eigenvalue weighted by Crippen LogP contribution is -2.15. The summed E-state index contributed by atoms with van der Waals surface area (Å²) < 4.78 is 5.53. The topological polar surface area (TPSA) is 93.9 Å². The fraction of sp³-hybridized carbons (Fsp3) is 0.350. The number of H-pyrrole nitrogens is 1. The summed E-state index contributed by atoms with van der Waals surface area (Å²) in [7, 11) is 0. The van der Waals surface area contributed by atoms with Gasteiger partial charge in [0.2, 0.25) is 5.88 Å². The van der Waals surface area contributed by atoms with Crippen molar-refractivity contribution in [2.24, 2.45) is 5.73 Å². The van der Waals surface area contributed by atoms with Crippen molar-refractivity contribution in [1.29, 1.82) is 0 Å². The molecule has 0 aromatic carbocycles. The molecule has 0 unspecified atom stereocenters. The van der Waals surface area contributed by atoms with Crippen LogP contribution in [0.3, 0.4) is 0 Å². The number of rotatable bonds is 6. The van der Waals surface area contributed by atoms with Gasteiger partial charge in [0.05, 0.1) is 29.0 Å². The predicted octanol–water partition coefficient (Wildman–Crippen LogP) is 3.56. The van der Waals surface area contributed by atoms with Crippen molar-refractivity contribution in [3.63, 3.8) is 0 Å². The van der Waals surface area contributed by atoms with E-state index in [2.05, 4.69) is 23.0 Å². The average Bonchev–Trinajstić information content (AvgIpc) is 3.00. The third kappa shape index (κ3) is 3.03. The zero-order valence-corrected chi connectivity index (χ0v) is 15.6. The lowest BCUT2D eigenvalue weighted by Gasteiger charge is -2.15. The fourth-order valence-corrected chi connectivity index (χ4v) is 3.15. The first-order chi connectivity index (χ1) is 12.5. The monoisotopic (exact) mass is 352 g/mol. The van der Waals surface area contributed by atoms with Gasteiger partial charge in [-0.1, -0.05) is 13.8 Å². The van der Waals surface area contributed by atoms with Crippen molar-refractivity contribution >= 4 is 16.9 Å². The largest absolute Gasteiger partial charge is 0.477 e. The van der Waals surface area contributed by atoms with E-state index in [1.807, 2.05) is 27.0 Å². The summed E-state index contributed by atoms with van der Waals surface area (Å²) in [5, 5.41) is 0. The zero-order chi connectivity index (χ0) is 18.8. The highest BCUT2D eigenvalue weighted by molar-refractivity contribution is 5.97.